The Kier molecular flexibility index (Phi) is 6.88. The molecule has 0 unspecified atom stereocenters. The lowest BCUT2D eigenvalue weighted by molar-refractivity contribution is 0.301. The lowest BCUT2D eigenvalue weighted by Gasteiger charge is -2.48. The van der Waals surface area contributed by atoms with Crippen molar-refractivity contribution >= 4 is 43.7 Å². The van der Waals surface area contributed by atoms with E-state index in [1.54, 1.807) is 0 Å². The summed E-state index contributed by atoms with van der Waals surface area (Å²) in [4.78, 5) is 15.5. The molecule has 0 spiro atoms. The van der Waals surface area contributed by atoms with Gasteiger partial charge in [-0.3, -0.25) is 0 Å². The normalized spacial score (nSPS) is 14.4. The first-order valence-corrected chi connectivity index (χ1v) is 19.3. The maximum absolute atomic E-state index is 6.27. The van der Waals surface area contributed by atoms with Gasteiger partial charge in [-0.25, -0.2) is 15.0 Å². The molecule has 1 aliphatic rings. The van der Waals surface area contributed by atoms with Crippen molar-refractivity contribution in [2.75, 3.05) is 0 Å². The molecule has 0 N–H and O–H groups in total. The zero-order chi connectivity index (χ0) is 37.8. The van der Waals surface area contributed by atoms with E-state index in [2.05, 4.69) is 129 Å². The van der Waals surface area contributed by atoms with Crippen molar-refractivity contribution in [1.29, 1.82) is 0 Å². The first kappa shape index (κ1) is 32.6. The van der Waals surface area contributed by atoms with Gasteiger partial charge in [0.1, 0.15) is 11.2 Å². The van der Waals surface area contributed by atoms with Crippen LogP contribution < -0.4 is 0 Å². The highest BCUT2D eigenvalue weighted by Gasteiger charge is 2.47. The third-order valence-electron chi connectivity index (χ3n) is 12.6. The molecule has 0 amide bonds. The molecule has 0 bridgehead atoms. The van der Waals surface area contributed by atoms with Crippen LogP contribution in [0.25, 0.3) is 94.7 Å². The van der Waals surface area contributed by atoms with Gasteiger partial charge in [0.15, 0.2) is 17.5 Å². The van der Waals surface area contributed by atoms with E-state index in [1.807, 2.05) is 60.7 Å². The van der Waals surface area contributed by atoms with E-state index in [9.17, 15) is 0 Å². The van der Waals surface area contributed by atoms with Crippen molar-refractivity contribution in [3.63, 3.8) is 0 Å². The van der Waals surface area contributed by atoms with E-state index in [0.29, 0.717) is 17.5 Å². The number of furan rings is 1. The van der Waals surface area contributed by atoms with Gasteiger partial charge in [-0.05, 0) is 64.1 Å². The monoisotopic (exact) mass is 722 g/mol. The van der Waals surface area contributed by atoms with E-state index >= 15 is 0 Å². The van der Waals surface area contributed by atoms with Crippen LogP contribution in [-0.4, -0.2) is 19.5 Å². The van der Waals surface area contributed by atoms with Crippen molar-refractivity contribution in [2.45, 2.75) is 38.5 Å². The second-order valence-corrected chi connectivity index (χ2v) is 16.0. The van der Waals surface area contributed by atoms with Gasteiger partial charge in [0.05, 0.1) is 11.0 Å². The lowest BCUT2D eigenvalue weighted by Crippen LogP contribution is -2.43. The molecule has 0 radical (unpaired) electrons. The second kappa shape index (κ2) is 11.8. The number of nitrogens with zero attached hydrogens (tertiary/aromatic N) is 4. The predicted octanol–water partition coefficient (Wildman–Crippen LogP) is 13.1. The Bertz CT molecular complexity index is 3200. The van der Waals surface area contributed by atoms with Gasteiger partial charge in [0.2, 0.25) is 0 Å². The highest BCUT2D eigenvalue weighted by molar-refractivity contribution is 6.14. The molecule has 0 saturated carbocycles. The van der Waals surface area contributed by atoms with Gasteiger partial charge in [0, 0.05) is 49.3 Å². The third kappa shape index (κ3) is 4.58. The first-order chi connectivity index (χ1) is 27.3. The van der Waals surface area contributed by atoms with Gasteiger partial charge in [-0.2, -0.15) is 0 Å². The Balaban J connectivity index is 1.14. The molecule has 0 fully saturated rings. The molecule has 0 aliphatic heterocycles. The summed E-state index contributed by atoms with van der Waals surface area (Å²) < 4.78 is 8.69. The SMILES string of the molecule is CC1(C)c2ccccc2-c2ccc3c(c2C1(C)C)c1ccccc1n3-c1cccc(-c2nc(-c3ccccc3)nc(-c3cccc4oc5ccccc5c34)n2)c1. The Labute approximate surface area is 324 Å². The molecule has 1 aliphatic carbocycles. The number of rotatable bonds is 4. The number of hydrogen-bond donors (Lipinski definition) is 0. The van der Waals surface area contributed by atoms with Gasteiger partial charge in [-0.1, -0.05) is 149 Å². The fourth-order valence-corrected chi connectivity index (χ4v) is 9.21. The lowest BCUT2D eigenvalue weighted by atomic mass is 9.55. The van der Waals surface area contributed by atoms with Gasteiger partial charge in [-0.15, -0.1) is 0 Å². The third-order valence-corrected chi connectivity index (χ3v) is 12.6. The predicted molar refractivity (Wildman–Crippen MR) is 229 cm³/mol. The van der Waals surface area contributed by atoms with Crippen LogP contribution in [0.2, 0.25) is 0 Å². The van der Waals surface area contributed by atoms with Crippen molar-refractivity contribution in [1.82, 2.24) is 19.5 Å². The van der Waals surface area contributed by atoms with E-state index in [1.165, 1.54) is 44.1 Å². The molecule has 11 rings (SSSR count). The topological polar surface area (TPSA) is 56.7 Å². The average Bonchev–Trinajstić information content (AvgIpc) is 3.79. The van der Waals surface area contributed by atoms with Crippen LogP contribution in [0.3, 0.4) is 0 Å². The minimum atomic E-state index is -0.148. The smallest absolute Gasteiger partial charge is 0.164 e. The average molecular weight is 723 g/mol. The summed E-state index contributed by atoms with van der Waals surface area (Å²) in [5, 5.41) is 4.59. The minimum Gasteiger partial charge on any atom is -0.456 e. The fraction of sp³-hybridized carbons (Fsp3) is 0.118. The summed E-state index contributed by atoms with van der Waals surface area (Å²) >= 11 is 0. The molecular weight excluding hydrogens is 685 g/mol. The summed E-state index contributed by atoms with van der Waals surface area (Å²) in [6.45, 7) is 9.64. The zero-order valence-corrected chi connectivity index (χ0v) is 31.7. The molecular formula is C51H38N4O. The number of aromatic nitrogens is 4. The van der Waals surface area contributed by atoms with E-state index in [0.717, 1.165) is 44.3 Å². The van der Waals surface area contributed by atoms with Crippen molar-refractivity contribution in [3.05, 3.63) is 169 Å². The number of para-hydroxylation sites is 2. The fourth-order valence-electron chi connectivity index (χ4n) is 9.21. The van der Waals surface area contributed by atoms with Crippen LogP contribution in [0, 0.1) is 0 Å². The Morgan fingerprint density at radius 2 is 1.09 bits per heavy atom. The molecule has 56 heavy (non-hydrogen) atoms. The van der Waals surface area contributed by atoms with Gasteiger partial charge < -0.3 is 8.98 Å². The number of hydrogen-bond acceptors (Lipinski definition) is 4. The Hall–Kier alpha value is -6.85. The van der Waals surface area contributed by atoms with E-state index in [-0.39, 0.29) is 10.8 Å². The van der Waals surface area contributed by atoms with Crippen molar-refractivity contribution in [2.24, 2.45) is 0 Å². The van der Waals surface area contributed by atoms with E-state index < -0.39 is 0 Å². The maximum Gasteiger partial charge on any atom is 0.164 e. The largest absolute Gasteiger partial charge is 0.456 e. The summed E-state index contributed by atoms with van der Waals surface area (Å²) in [6, 6.07) is 55.5. The molecule has 3 aromatic heterocycles. The van der Waals surface area contributed by atoms with Crippen LogP contribution in [0.5, 0.6) is 0 Å². The van der Waals surface area contributed by atoms with Crippen LogP contribution in [0.15, 0.2) is 162 Å². The summed E-state index contributed by atoms with van der Waals surface area (Å²) in [5.41, 5.74) is 13.0. The molecule has 0 atom stereocenters. The summed E-state index contributed by atoms with van der Waals surface area (Å²) in [7, 11) is 0. The quantitative estimate of drug-likeness (QED) is 0.181. The van der Waals surface area contributed by atoms with Crippen molar-refractivity contribution in [3.8, 4) is 51.0 Å². The molecule has 0 saturated heterocycles. The molecule has 7 aromatic carbocycles. The van der Waals surface area contributed by atoms with Gasteiger partial charge in [0.25, 0.3) is 0 Å². The zero-order valence-electron chi connectivity index (χ0n) is 31.7. The van der Waals surface area contributed by atoms with E-state index in [4.69, 9.17) is 19.4 Å². The summed E-state index contributed by atoms with van der Waals surface area (Å²) in [6.07, 6.45) is 0. The highest BCUT2D eigenvalue weighted by atomic mass is 16.3. The second-order valence-electron chi connectivity index (χ2n) is 16.0. The van der Waals surface area contributed by atoms with Crippen LogP contribution >= 0.6 is 0 Å². The molecule has 5 heteroatoms. The molecule has 5 nitrogen and oxygen atoms in total. The number of fused-ring (bicyclic) bond motifs is 10. The Morgan fingerprint density at radius 3 is 1.95 bits per heavy atom. The van der Waals surface area contributed by atoms with Crippen LogP contribution in [0.1, 0.15) is 38.8 Å². The minimum absolute atomic E-state index is 0.0894. The van der Waals surface area contributed by atoms with Crippen LogP contribution in [-0.2, 0) is 10.8 Å². The van der Waals surface area contributed by atoms with Crippen LogP contribution in [0.4, 0.5) is 0 Å². The van der Waals surface area contributed by atoms with Crippen molar-refractivity contribution < 1.29 is 4.42 Å². The Morgan fingerprint density at radius 1 is 0.446 bits per heavy atom. The molecule has 3 heterocycles. The highest BCUT2D eigenvalue weighted by Crippen LogP contribution is 2.56. The summed E-state index contributed by atoms with van der Waals surface area (Å²) in [5.74, 6) is 1.83. The molecule has 268 valence electrons. The maximum atomic E-state index is 6.27. The molecule has 10 aromatic rings. The first-order valence-electron chi connectivity index (χ1n) is 19.3. The standard InChI is InChI=1S/C51H38N4O/c1-50(2)39-24-11-8-20-34(39)35-28-29-41-45(46(35)51(50,3)4)36-21-9-12-25-40(36)55(41)33-19-14-18-32(30-33)48-52-47(31-16-6-5-7-17-31)53-49(54-48)38-23-15-27-43-44(38)37-22-10-13-26-42(37)56-43/h5-30H,1-4H3. The number of benzene rings is 7. The van der Waals surface area contributed by atoms with Gasteiger partial charge >= 0.3 is 0 Å².